The summed E-state index contributed by atoms with van der Waals surface area (Å²) in [6.07, 6.45) is -5.10. The molecule has 8 heteroatoms. The molecule has 0 heterocycles. The molecule has 0 radical (unpaired) electrons. The SMILES string of the molecule is CC(C)NCCCS(=O)(=O)NCCC(F)(F)F. The van der Waals surface area contributed by atoms with E-state index in [2.05, 4.69) is 5.32 Å². The van der Waals surface area contributed by atoms with E-state index in [0.29, 0.717) is 13.0 Å². The third-order valence-electron chi connectivity index (χ3n) is 1.87. The summed E-state index contributed by atoms with van der Waals surface area (Å²) in [6.45, 7) is 3.79. The molecular formula is C9H19F3N2O2S. The lowest BCUT2D eigenvalue weighted by Gasteiger charge is -2.10. The van der Waals surface area contributed by atoms with Crippen LogP contribution >= 0.6 is 0 Å². The fraction of sp³-hybridized carbons (Fsp3) is 1.00. The van der Waals surface area contributed by atoms with Crippen molar-refractivity contribution >= 4 is 10.0 Å². The molecule has 0 fully saturated rings. The van der Waals surface area contributed by atoms with Crippen LogP contribution < -0.4 is 10.0 Å². The standard InChI is InChI=1S/C9H19F3N2O2S/c1-8(2)13-5-3-7-17(15,16)14-6-4-9(10,11)12/h8,13-14H,3-7H2,1-2H3. The summed E-state index contributed by atoms with van der Waals surface area (Å²) >= 11 is 0. The molecule has 0 amide bonds. The molecule has 0 saturated carbocycles. The Morgan fingerprint density at radius 2 is 1.76 bits per heavy atom. The molecule has 0 bridgehead atoms. The summed E-state index contributed by atoms with van der Waals surface area (Å²) in [7, 11) is -3.59. The third kappa shape index (κ3) is 11.9. The van der Waals surface area contributed by atoms with Crippen LogP contribution in [0, 0.1) is 0 Å². The van der Waals surface area contributed by atoms with E-state index in [9.17, 15) is 21.6 Å². The highest BCUT2D eigenvalue weighted by Gasteiger charge is 2.27. The molecule has 0 aliphatic rings. The summed E-state index contributed by atoms with van der Waals surface area (Å²) in [5, 5.41) is 3.03. The van der Waals surface area contributed by atoms with Crippen molar-refractivity contribution in [1.82, 2.24) is 10.0 Å². The van der Waals surface area contributed by atoms with Crippen molar-refractivity contribution in [3.8, 4) is 0 Å². The number of hydrogen-bond acceptors (Lipinski definition) is 3. The molecule has 17 heavy (non-hydrogen) atoms. The summed E-state index contributed by atoms with van der Waals surface area (Å²) < 4.78 is 59.8. The average Bonchev–Trinajstić information content (AvgIpc) is 2.09. The summed E-state index contributed by atoms with van der Waals surface area (Å²) in [6, 6.07) is 0.260. The van der Waals surface area contributed by atoms with Crippen molar-refractivity contribution in [3.05, 3.63) is 0 Å². The fourth-order valence-corrected chi connectivity index (χ4v) is 2.16. The summed E-state index contributed by atoms with van der Waals surface area (Å²) in [4.78, 5) is 0. The predicted octanol–water partition coefficient (Wildman–Crippen LogP) is 1.25. The minimum absolute atomic E-state index is 0.162. The van der Waals surface area contributed by atoms with Gasteiger partial charge in [-0.1, -0.05) is 13.8 Å². The van der Waals surface area contributed by atoms with Gasteiger partial charge in [-0.2, -0.15) is 13.2 Å². The van der Waals surface area contributed by atoms with Gasteiger partial charge in [-0.3, -0.25) is 0 Å². The highest BCUT2D eigenvalue weighted by molar-refractivity contribution is 7.89. The Morgan fingerprint density at radius 1 is 1.18 bits per heavy atom. The number of halogens is 3. The predicted molar refractivity (Wildman–Crippen MR) is 60.2 cm³/mol. The minimum atomic E-state index is -4.33. The van der Waals surface area contributed by atoms with E-state index in [0.717, 1.165) is 0 Å². The van der Waals surface area contributed by atoms with Crippen LogP contribution in [-0.4, -0.2) is 39.5 Å². The van der Waals surface area contributed by atoms with Crippen LogP contribution in [0.5, 0.6) is 0 Å². The fourth-order valence-electron chi connectivity index (χ4n) is 1.07. The molecule has 0 unspecified atom stereocenters. The van der Waals surface area contributed by atoms with Crippen LogP contribution in [-0.2, 0) is 10.0 Å². The number of sulfonamides is 1. The number of nitrogens with one attached hydrogen (secondary N) is 2. The number of hydrogen-bond donors (Lipinski definition) is 2. The van der Waals surface area contributed by atoms with Crippen molar-refractivity contribution in [2.24, 2.45) is 0 Å². The van der Waals surface area contributed by atoms with E-state index in [-0.39, 0.29) is 11.8 Å². The Morgan fingerprint density at radius 3 is 2.24 bits per heavy atom. The van der Waals surface area contributed by atoms with Crippen LogP contribution in [0.25, 0.3) is 0 Å². The monoisotopic (exact) mass is 276 g/mol. The minimum Gasteiger partial charge on any atom is -0.314 e. The van der Waals surface area contributed by atoms with Gasteiger partial charge in [-0.05, 0) is 13.0 Å². The second-order valence-corrected chi connectivity index (χ2v) is 5.97. The quantitative estimate of drug-likeness (QED) is 0.656. The van der Waals surface area contributed by atoms with Gasteiger partial charge in [0.05, 0.1) is 12.2 Å². The van der Waals surface area contributed by atoms with Crippen molar-refractivity contribution in [3.63, 3.8) is 0 Å². The summed E-state index contributed by atoms with van der Waals surface area (Å²) in [5.74, 6) is -0.162. The maximum Gasteiger partial charge on any atom is 0.390 e. The molecular weight excluding hydrogens is 257 g/mol. The first-order valence-electron chi connectivity index (χ1n) is 5.40. The second kappa shape index (κ2) is 7.17. The smallest absolute Gasteiger partial charge is 0.314 e. The van der Waals surface area contributed by atoms with Gasteiger partial charge in [0.15, 0.2) is 0 Å². The lowest BCUT2D eigenvalue weighted by Crippen LogP contribution is -2.32. The zero-order valence-electron chi connectivity index (χ0n) is 9.97. The molecule has 104 valence electrons. The highest BCUT2D eigenvalue weighted by atomic mass is 32.2. The maximum absolute atomic E-state index is 11.8. The summed E-state index contributed by atoms with van der Waals surface area (Å²) in [5.41, 5.74) is 0. The van der Waals surface area contributed by atoms with Crippen LogP contribution in [0.1, 0.15) is 26.7 Å². The van der Waals surface area contributed by atoms with Crippen molar-refractivity contribution in [2.75, 3.05) is 18.8 Å². The Hall–Kier alpha value is -0.340. The van der Waals surface area contributed by atoms with E-state index in [1.165, 1.54) is 0 Å². The van der Waals surface area contributed by atoms with Gasteiger partial charge in [0.25, 0.3) is 0 Å². The molecule has 0 aromatic rings. The number of alkyl halides is 3. The van der Waals surface area contributed by atoms with E-state index in [1.807, 2.05) is 18.6 Å². The topological polar surface area (TPSA) is 58.2 Å². The largest absolute Gasteiger partial charge is 0.390 e. The van der Waals surface area contributed by atoms with E-state index in [1.54, 1.807) is 0 Å². The van der Waals surface area contributed by atoms with Gasteiger partial charge >= 0.3 is 6.18 Å². The number of rotatable bonds is 8. The molecule has 2 N–H and O–H groups in total. The molecule has 0 spiro atoms. The molecule has 0 aromatic heterocycles. The molecule has 0 atom stereocenters. The third-order valence-corrected chi connectivity index (χ3v) is 3.34. The molecule has 0 aromatic carbocycles. The van der Waals surface area contributed by atoms with Gasteiger partial charge in [0.2, 0.25) is 10.0 Å². The first-order valence-corrected chi connectivity index (χ1v) is 7.05. The lowest BCUT2D eigenvalue weighted by atomic mass is 10.4. The average molecular weight is 276 g/mol. The zero-order valence-corrected chi connectivity index (χ0v) is 10.8. The van der Waals surface area contributed by atoms with Gasteiger partial charge in [-0.25, -0.2) is 13.1 Å². The van der Waals surface area contributed by atoms with Crippen LogP contribution in [0.3, 0.4) is 0 Å². The van der Waals surface area contributed by atoms with Gasteiger partial charge in [0, 0.05) is 12.6 Å². The highest BCUT2D eigenvalue weighted by Crippen LogP contribution is 2.18. The van der Waals surface area contributed by atoms with E-state index >= 15 is 0 Å². The van der Waals surface area contributed by atoms with Gasteiger partial charge in [0.1, 0.15) is 0 Å². The Bertz CT molecular complexity index is 302. The van der Waals surface area contributed by atoms with Gasteiger partial charge < -0.3 is 5.32 Å². The van der Waals surface area contributed by atoms with Crippen molar-refractivity contribution in [1.29, 1.82) is 0 Å². The lowest BCUT2D eigenvalue weighted by molar-refractivity contribution is -0.132. The second-order valence-electron chi connectivity index (χ2n) is 4.04. The van der Waals surface area contributed by atoms with Gasteiger partial charge in [-0.15, -0.1) is 0 Å². The van der Waals surface area contributed by atoms with Crippen molar-refractivity contribution in [2.45, 2.75) is 38.9 Å². The molecule has 0 aliphatic heterocycles. The maximum atomic E-state index is 11.8. The first kappa shape index (κ1) is 16.7. The Balaban J connectivity index is 3.74. The van der Waals surface area contributed by atoms with E-state index in [4.69, 9.17) is 0 Å². The van der Waals surface area contributed by atoms with Crippen molar-refractivity contribution < 1.29 is 21.6 Å². The Kier molecular flexibility index (Phi) is 7.03. The molecule has 0 aliphatic carbocycles. The van der Waals surface area contributed by atoms with Crippen LogP contribution in [0.15, 0.2) is 0 Å². The first-order chi connectivity index (χ1) is 7.62. The molecule has 4 nitrogen and oxygen atoms in total. The Labute approximate surface area is 100 Å². The zero-order chi connectivity index (χ0) is 13.5. The molecule has 0 saturated heterocycles. The van der Waals surface area contributed by atoms with E-state index < -0.39 is 29.2 Å². The van der Waals surface area contributed by atoms with Crippen LogP contribution in [0.2, 0.25) is 0 Å². The molecule has 0 rings (SSSR count). The normalized spacial score (nSPS) is 13.3. The van der Waals surface area contributed by atoms with Crippen LogP contribution in [0.4, 0.5) is 13.2 Å².